The van der Waals surface area contributed by atoms with E-state index in [9.17, 15) is 8.42 Å². The predicted molar refractivity (Wildman–Crippen MR) is 128 cm³/mol. The highest BCUT2D eigenvalue weighted by molar-refractivity contribution is 7.92. The van der Waals surface area contributed by atoms with Crippen LogP contribution in [0.4, 0.5) is 0 Å². The molecule has 0 atom stereocenters. The number of sulfone groups is 1. The van der Waals surface area contributed by atoms with Gasteiger partial charge in [0.2, 0.25) is 0 Å². The molecule has 4 rings (SSSR count). The fraction of sp³-hybridized carbons (Fsp3) is 0.208. The quantitative estimate of drug-likeness (QED) is 0.395. The topological polar surface area (TPSA) is 98.0 Å². The molecule has 4 aromatic rings. The van der Waals surface area contributed by atoms with Crippen molar-refractivity contribution in [3.8, 4) is 34.0 Å². The first-order valence-corrected chi connectivity index (χ1v) is 12.3. The number of aromatic nitrogens is 3. The molecule has 0 bridgehead atoms. The van der Waals surface area contributed by atoms with Gasteiger partial charge in [0.25, 0.3) is 0 Å². The van der Waals surface area contributed by atoms with Gasteiger partial charge in [-0.25, -0.2) is 13.4 Å². The van der Waals surface area contributed by atoms with Gasteiger partial charge in [-0.2, -0.15) is 0 Å². The summed E-state index contributed by atoms with van der Waals surface area (Å²) < 4.78 is 30.2. The number of nitrogens with zero attached hydrogens (tertiary/aromatic N) is 3. The van der Waals surface area contributed by atoms with E-state index in [0.717, 1.165) is 16.7 Å². The summed E-state index contributed by atoms with van der Waals surface area (Å²) in [6.07, 6.45) is 3.21. The molecule has 170 valence electrons. The average molecular weight is 483 g/mol. The average Bonchev–Trinajstić information content (AvgIpc) is 3.31. The third-order valence-corrected chi connectivity index (χ3v) is 7.73. The number of hydrogen-bond acceptors (Lipinski definition) is 7. The second-order valence-electron chi connectivity index (χ2n) is 7.82. The molecule has 7 nitrogen and oxygen atoms in total. The van der Waals surface area contributed by atoms with Gasteiger partial charge in [-0.3, -0.25) is 4.98 Å². The van der Waals surface area contributed by atoms with Crippen LogP contribution in [0.25, 0.3) is 34.0 Å². The summed E-state index contributed by atoms with van der Waals surface area (Å²) in [5.41, 5.74) is 4.33. The molecule has 0 aliphatic heterocycles. The maximum atomic E-state index is 12.4. The molecule has 0 unspecified atom stereocenters. The van der Waals surface area contributed by atoms with E-state index in [-0.39, 0.29) is 4.90 Å². The second-order valence-corrected chi connectivity index (χ2v) is 10.7. The molecule has 33 heavy (non-hydrogen) atoms. The molecule has 2 aromatic carbocycles. The monoisotopic (exact) mass is 482 g/mol. The Morgan fingerprint density at radius 2 is 1.67 bits per heavy atom. The molecule has 0 fully saturated rings. The number of hydrogen-bond donors (Lipinski definition) is 1. The minimum atomic E-state index is -3.33. The summed E-state index contributed by atoms with van der Waals surface area (Å²) in [5.74, 6) is 0.466. The number of halogens is 1. The first-order chi connectivity index (χ1) is 15.8. The third kappa shape index (κ3) is 4.83. The van der Waals surface area contributed by atoms with E-state index in [2.05, 4.69) is 20.4 Å². The Kier molecular flexibility index (Phi) is 6.60. The first kappa shape index (κ1) is 23.1. The molecule has 0 radical (unpaired) electrons. The van der Waals surface area contributed by atoms with Crippen LogP contribution in [-0.4, -0.2) is 35.8 Å². The number of nitrogens with one attached hydrogen (secondary N) is 1. The molecule has 0 aliphatic carbocycles. The van der Waals surface area contributed by atoms with Crippen LogP contribution < -0.4 is 5.32 Å². The summed E-state index contributed by atoms with van der Waals surface area (Å²) in [5, 5.41) is 7.40. The summed E-state index contributed by atoms with van der Waals surface area (Å²) in [6, 6.07) is 14.2. The van der Waals surface area contributed by atoms with Crippen LogP contribution in [0.2, 0.25) is 5.02 Å². The Labute approximate surface area is 197 Å². The normalized spacial score (nSPS) is 11.8. The van der Waals surface area contributed by atoms with Crippen molar-refractivity contribution in [2.75, 3.05) is 7.05 Å². The van der Waals surface area contributed by atoms with Crippen molar-refractivity contribution < 1.29 is 12.9 Å². The molecule has 2 heterocycles. The maximum absolute atomic E-state index is 12.4. The Hall–Kier alpha value is -3.07. The van der Waals surface area contributed by atoms with Crippen LogP contribution in [0, 0.1) is 0 Å². The van der Waals surface area contributed by atoms with Crippen molar-refractivity contribution in [1.29, 1.82) is 0 Å². The lowest BCUT2D eigenvalue weighted by atomic mass is 10.1. The van der Waals surface area contributed by atoms with Crippen LogP contribution in [0.1, 0.15) is 19.4 Å². The maximum Gasteiger partial charge on any atom is 0.187 e. The Morgan fingerprint density at radius 3 is 2.33 bits per heavy atom. The SMILES string of the molecule is CNCc1ccc(-c2cc(-c3cncc(-c4ccc(S(=O)(=O)C(C)C)cc4)n3)on2)cc1Cl. The van der Waals surface area contributed by atoms with Crippen LogP contribution in [-0.2, 0) is 16.4 Å². The Balaban J connectivity index is 1.60. The van der Waals surface area contributed by atoms with Crippen LogP contribution in [0.3, 0.4) is 0 Å². The zero-order chi connectivity index (χ0) is 23.6. The molecule has 0 aliphatic rings. The lowest BCUT2D eigenvalue weighted by Crippen LogP contribution is -2.13. The summed E-state index contributed by atoms with van der Waals surface area (Å²) >= 11 is 6.37. The number of rotatable bonds is 7. The van der Waals surface area contributed by atoms with E-state index in [1.807, 2.05) is 25.2 Å². The van der Waals surface area contributed by atoms with E-state index in [1.54, 1.807) is 56.6 Å². The van der Waals surface area contributed by atoms with E-state index in [0.29, 0.717) is 34.4 Å². The minimum absolute atomic E-state index is 0.282. The van der Waals surface area contributed by atoms with Gasteiger partial charge in [0.1, 0.15) is 11.4 Å². The van der Waals surface area contributed by atoms with Gasteiger partial charge in [-0.1, -0.05) is 41.0 Å². The zero-order valence-electron chi connectivity index (χ0n) is 18.4. The molecule has 2 aromatic heterocycles. The van der Waals surface area contributed by atoms with Crippen molar-refractivity contribution in [3.63, 3.8) is 0 Å². The molecular weight excluding hydrogens is 460 g/mol. The highest BCUT2D eigenvalue weighted by atomic mass is 35.5. The van der Waals surface area contributed by atoms with E-state index in [4.69, 9.17) is 16.1 Å². The van der Waals surface area contributed by atoms with Crippen molar-refractivity contribution in [3.05, 3.63) is 71.5 Å². The van der Waals surface area contributed by atoms with Gasteiger partial charge >= 0.3 is 0 Å². The first-order valence-electron chi connectivity index (χ1n) is 10.4. The Bertz CT molecular complexity index is 1380. The van der Waals surface area contributed by atoms with Gasteiger partial charge in [0.15, 0.2) is 15.6 Å². The summed E-state index contributed by atoms with van der Waals surface area (Å²) in [6.45, 7) is 4.00. The third-order valence-electron chi connectivity index (χ3n) is 5.21. The van der Waals surface area contributed by atoms with Crippen molar-refractivity contribution in [1.82, 2.24) is 20.4 Å². The smallest absolute Gasteiger partial charge is 0.187 e. The fourth-order valence-electron chi connectivity index (χ4n) is 3.28. The summed E-state index contributed by atoms with van der Waals surface area (Å²) in [4.78, 5) is 9.17. The molecular formula is C24H23ClN4O3S. The molecule has 1 N–H and O–H groups in total. The second kappa shape index (κ2) is 9.43. The number of benzene rings is 2. The lowest BCUT2D eigenvalue weighted by Gasteiger charge is -2.08. The highest BCUT2D eigenvalue weighted by Crippen LogP contribution is 2.29. The largest absolute Gasteiger partial charge is 0.354 e. The molecule has 9 heteroatoms. The lowest BCUT2D eigenvalue weighted by molar-refractivity contribution is 0.433. The summed E-state index contributed by atoms with van der Waals surface area (Å²) in [7, 11) is -1.47. The van der Waals surface area contributed by atoms with Gasteiger partial charge in [-0.15, -0.1) is 0 Å². The van der Waals surface area contributed by atoms with E-state index in [1.165, 1.54) is 0 Å². The van der Waals surface area contributed by atoms with Gasteiger partial charge < -0.3 is 9.84 Å². The molecule has 0 saturated heterocycles. The standard InChI is InChI=1S/C24H23ClN4O3S/c1-15(2)33(30,31)19-8-6-16(7-9-19)22-13-27-14-23(28-22)24-11-21(29-32-24)17-4-5-18(12-26-3)20(25)10-17/h4-11,13-15,26H,12H2,1-3H3. The van der Waals surface area contributed by atoms with Gasteiger partial charge in [0.05, 0.1) is 28.2 Å². The molecule has 0 saturated carbocycles. The van der Waals surface area contributed by atoms with Crippen molar-refractivity contribution in [2.45, 2.75) is 30.5 Å². The Morgan fingerprint density at radius 1 is 0.970 bits per heavy atom. The van der Waals surface area contributed by atoms with Crippen molar-refractivity contribution in [2.24, 2.45) is 0 Å². The van der Waals surface area contributed by atoms with E-state index >= 15 is 0 Å². The zero-order valence-corrected chi connectivity index (χ0v) is 20.0. The van der Waals surface area contributed by atoms with Gasteiger partial charge in [0, 0.05) is 28.8 Å². The highest BCUT2D eigenvalue weighted by Gasteiger charge is 2.19. The fourth-order valence-corrected chi connectivity index (χ4v) is 4.59. The minimum Gasteiger partial charge on any atom is -0.354 e. The van der Waals surface area contributed by atoms with Crippen LogP contribution >= 0.6 is 11.6 Å². The molecule has 0 spiro atoms. The van der Waals surface area contributed by atoms with E-state index < -0.39 is 15.1 Å². The van der Waals surface area contributed by atoms with Crippen molar-refractivity contribution >= 4 is 21.4 Å². The van der Waals surface area contributed by atoms with Gasteiger partial charge in [-0.05, 0) is 44.7 Å². The predicted octanol–water partition coefficient (Wildman–Crippen LogP) is 5.02. The van der Waals surface area contributed by atoms with Crippen LogP contribution in [0.5, 0.6) is 0 Å². The van der Waals surface area contributed by atoms with Crippen LogP contribution in [0.15, 0.2) is 70.3 Å². The molecule has 0 amide bonds.